The summed E-state index contributed by atoms with van der Waals surface area (Å²) in [6.07, 6.45) is 10.2. The molecule has 1 aliphatic carbocycles. The molecule has 2 heterocycles. The fourth-order valence-corrected chi connectivity index (χ4v) is 6.64. The summed E-state index contributed by atoms with van der Waals surface area (Å²) in [4.78, 5) is 7.17. The maximum absolute atomic E-state index is 11.8. The third-order valence-electron chi connectivity index (χ3n) is 8.01. The van der Waals surface area contributed by atoms with Crippen molar-refractivity contribution in [1.29, 1.82) is 5.26 Å². The van der Waals surface area contributed by atoms with Crippen molar-refractivity contribution < 1.29 is 8.42 Å². The molecule has 1 aliphatic heterocycles. The second-order valence-corrected chi connectivity index (χ2v) is 12.2. The molecule has 2 aliphatic rings. The van der Waals surface area contributed by atoms with Crippen molar-refractivity contribution in [2.75, 3.05) is 23.3 Å². The summed E-state index contributed by atoms with van der Waals surface area (Å²) >= 11 is 0. The topological polar surface area (TPSA) is 112 Å². The highest BCUT2D eigenvalue weighted by molar-refractivity contribution is 7.89. The van der Waals surface area contributed by atoms with E-state index in [9.17, 15) is 8.42 Å². The van der Waals surface area contributed by atoms with Crippen LogP contribution in [0.25, 0.3) is 11.1 Å². The molecule has 2 aromatic carbocycles. The van der Waals surface area contributed by atoms with E-state index in [0.717, 1.165) is 36.5 Å². The number of nitrogens with zero attached hydrogens (tertiary/aromatic N) is 3. The monoisotopic (exact) mass is 529 g/mol. The van der Waals surface area contributed by atoms with Crippen molar-refractivity contribution in [2.45, 2.75) is 55.9 Å². The van der Waals surface area contributed by atoms with Crippen LogP contribution >= 0.6 is 0 Å². The zero-order chi connectivity index (χ0) is 26.5. The number of hydrogen-bond acceptors (Lipinski definition) is 6. The van der Waals surface area contributed by atoms with E-state index in [0.29, 0.717) is 23.4 Å². The van der Waals surface area contributed by atoms with Gasteiger partial charge in [0.1, 0.15) is 5.82 Å². The molecule has 38 heavy (non-hydrogen) atoms. The largest absolute Gasteiger partial charge is 0.371 e. The van der Waals surface area contributed by atoms with Gasteiger partial charge in [-0.2, -0.15) is 5.26 Å². The van der Waals surface area contributed by atoms with E-state index in [-0.39, 0.29) is 4.90 Å². The molecule has 3 atom stereocenters. The molecule has 0 bridgehead atoms. The normalized spacial score (nSPS) is 22.0. The Labute approximate surface area is 225 Å². The number of pyridine rings is 1. The summed E-state index contributed by atoms with van der Waals surface area (Å²) in [6, 6.07) is 21.2. The summed E-state index contributed by atoms with van der Waals surface area (Å²) < 4.78 is 23.6. The van der Waals surface area contributed by atoms with E-state index in [1.165, 1.54) is 50.3 Å². The first kappa shape index (κ1) is 26.2. The van der Waals surface area contributed by atoms with Crippen molar-refractivity contribution >= 4 is 21.5 Å². The predicted octanol–water partition coefficient (Wildman–Crippen LogP) is 5.55. The molecule has 1 saturated heterocycles. The maximum atomic E-state index is 11.8. The van der Waals surface area contributed by atoms with Crippen molar-refractivity contribution in [3.8, 4) is 17.2 Å². The summed E-state index contributed by atoms with van der Waals surface area (Å²) in [5.41, 5.74) is 3.62. The molecule has 1 saturated carbocycles. The number of hydrogen-bond donors (Lipinski definition) is 2. The minimum atomic E-state index is -3.76. The highest BCUT2D eigenvalue weighted by Gasteiger charge is 2.30. The first-order chi connectivity index (χ1) is 18.4. The number of nitrogens with one attached hydrogen (secondary N) is 1. The molecular weight excluding hydrogens is 494 g/mol. The second-order valence-electron chi connectivity index (χ2n) is 10.6. The molecule has 1 aromatic heterocycles. The molecule has 0 unspecified atom stereocenters. The Bertz CT molecular complexity index is 1400. The average molecular weight is 530 g/mol. The standard InChI is InChI=1S/C30H35N5O2S/c31-20-22-10-12-27(13-11-22)35-16-4-5-23(21-35)17-26-6-1-2-9-29(26)34-30-19-25(14-15-33-30)24-7-3-8-28(18-24)38(32,36)37/h3,7-8,10-15,18-19,23,26,29H,1-2,4-6,9,16-17,21H2,(H,33,34)(H2,32,36,37)/t23-,26+,29-/m1/s1. The highest BCUT2D eigenvalue weighted by Crippen LogP contribution is 2.35. The number of primary sulfonamides is 1. The Morgan fingerprint density at radius 2 is 1.79 bits per heavy atom. The van der Waals surface area contributed by atoms with Crippen LogP contribution in [0.1, 0.15) is 50.5 Å². The minimum absolute atomic E-state index is 0.108. The van der Waals surface area contributed by atoms with Gasteiger partial charge in [-0.3, -0.25) is 0 Å². The maximum Gasteiger partial charge on any atom is 0.238 e. The smallest absolute Gasteiger partial charge is 0.238 e. The lowest BCUT2D eigenvalue weighted by molar-refractivity contribution is 0.247. The fraction of sp³-hybridized carbons (Fsp3) is 0.400. The highest BCUT2D eigenvalue weighted by atomic mass is 32.2. The first-order valence-electron chi connectivity index (χ1n) is 13.5. The SMILES string of the molecule is N#Cc1ccc(N2CCC[C@H](C[C@@H]3CCCC[C@H]3Nc3cc(-c4cccc(S(N)(=O)=O)c4)ccn3)C2)cc1. The zero-order valence-corrected chi connectivity index (χ0v) is 22.4. The fourth-order valence-electron chi connectivity index (χ4n) is 6.08. The Balaban J connectivity index is 1.26. The molecule has 198 valence electrons. The first-order valence-corrected chi connectivity index (χ1v) is 15.0. The summed E-state index contributed by atoms with van der Waals surface area (Å²) in [5.74, 6) is 2.06. The van der Waals surface area contributed by atoms with Gasteiger partial charge in [0, 0.05) is 31.0 Å². The van der Waals surface area contributed by atoms with Gasteiger partial charge in [-0.15, -0.1) is 0 Å². The number of sulfonamides is 1. The van der Waals surface area contributed by atoms with Crippen LogP contribution in [-0.4, -0.2) is 32.5 Å². The number of nitriles is 1. The second kappa shape index (κ2) is 11.5. The van der Waals surface area contributed by atoms with Crippen LogP contribution in [0.4, 0.5) is 11.5 Å². The van der Waals surface area contributed by atoms with Crippen LogP contribution in [0.3, 0.4) is 0 Å². The molecule has 7 nitrogen and oxygen atoms in total. The molecule has 0 amide bonds. The van der Waals surface area contributed by atoms with Crippen molar-refractivity contribution in [3.63, 3.8) is 0 Å². The molecule has 0 radical (unpaired) electrons. The average Bonchev–Trinajstić information content (AvgIpc) is 2.94. The van der Waals surface area contributed by atoms with Crippen LogP contribution in [0.5, 0.6) is 0 Å². The lowest BCUT2D eigenvalue weighted by Gasteiger charge is -2.39. The van der Waals surface area contributed by atoms with Gasteiger partial charge in [0.25, 0.3) is 0 Å². The third-order valence-corrected chi connectivity index (χ3v) is 8.93. The third kappa shape index (κ3) is 6.35. The van der Waals surface area contributed by atoms with E-state index in [4.69, 9.17) is 10.4 Å². The molecule has 3 N–H and O–H groups in total. The van der Waals surface area contributed by atoms with Crippen LogP contribution in [0.2, 0.25) is 0 Å². The van der Waals surface area contributed by atoms with E-state index in [1.54, 1.807) is 18.3 Å². The van der Waals surface area contributed by atoms with Gasteiger partial charge in [0.2, 0.25) is 10.0 Å². The Hall–Kier alpha value is -3.41. The number of benzene rings is 2. The van der Waals surface area contributed by atoms with Crippen molar-refractivity contribution in [3.05, 3.63) is 72.4 Å². The van der Waals surface area contributed by atoms with E-state index in [1.807, 2.05) is 30.3 Å². The van der Waals surface area contributed by atoms with Gasteiger partial charge < -0.3 is 10.2 Å². The number of nitrogens with two attached hydrogens (primary N) is 1. The lowest BCUT2D eigenvalue weighted by Crippen LogP contribution is -2.39. The van der Waals surface area contributed by atoms with E-state index < -0.39 is 10.0 Å². The van der Waals surface area contributed by atoms with Crippen LogP contribution < -0.4 is 15.4 Å². The quantitative estimate of drug-likeness (QED) is 0.415. The van der Waals surface area contributed by atoms with Crippen LogP contribution in [0, 0.1) is 23.2 Å². The Kier molecular flexibility index (Phi) is 7.96. The van der Waals surface area contributed by atoms with Crippen molar-refractivity contribution in [1.82, 2.24) is 4.98 Å². The van der Waals surface area contributed by atoms with Gasteiger partial charge >= 0.3 is 0 Å². The molecular formula is C30H35N5O2S. The number of piperidine rings is 1. The van der Waals surface area contributed by atoms with Crippen molar-refractivity contribution in [2.24, 2.45) is 17.0 Å². The molecule has 3 aromatic rings. The van der Waals surface area contributed by atoms with Crippen LogP contribution in [-0.2, 0) is 10.0 Å². The molecule has 0 spiro atoms. The molecule has 2 fully saturated rings. The van der Waals surface area contributed by atoms with E-state index >= 15 is 0 Å². The Morgan fingerprint density at radius 3 is 2.58 bits per heavy atom. The zero-order valence-electron chi connectivity index (χ0n) is 21.6. The van der Waals surface area contributed by atoms with Crippen LogP contribution in [0.15, 0.2) is 71.8 Å². The minimum Gasteiger partial charge on any atom is -0.371 e. The van der Waals surface area contributed by atoms with Gasteiger partial charge in [-0.1, -0.05) is 25.0 Å². The molecule has 8 heteroatoms. The molecule has 5 rings (SSSR count). The van der Waals surface area contributed by atoms with Gasteiger partial charge in [-0.05, 0) is 104 Å². The van der Waals surface area contributed by atoms with Gasteiger partial charge in [0.15, 0.2) is 0 Å². The predicted molar refractivity (Wildman–Crippen MR) is 151 cm³/mol. The number of anilines is 2. The number of aromatic nitrogens is 1. The summed E-state index contributed by atoms with van der Waals surface area (Å²) in [7, 11) is -3.76. The lowest BCUT2D eigenvalue weighted by atomic mass is 9.77. The van der Waals surface area contributed by atoms with Gasteiger partial charge in [0.05, 0.1) is 16.5 Å². The number of rotatable bonds is 7. The summed E-state index contributed by atoms with van der Waals surface area (Å²) in [5, 5.41) is 18.2. The summed E-state index contributed by atoms with van der Waals surface area (Å²) in [6.45, 7) is 2.13. The van der Waals surface area contributed by atoms with Gasteiger partial charge in [-0.25, -0.2) is 18.5 Å². The Morgan fingerprint density at radius 1 is 1.00 bits per heavy atom. The van der Waals surface area contributed by atoms with E-state index in [2.05, 4.69) is 33.4 Å².